The molecule has 0 heterocycles. The van der Waals surface area contributed by atoms with Gasteiger partial charge in [-0.05, 0) is 0 Å². The molecule has 1 aromatic carbocycles. The van der Waals surface area contributed by atoms with Crippen LogP contribution in [0, 0.1) is 0 Å². The minimum absolute atomic E-state index is 0.256. The van der Waals surface area contributed by atoms with Crippen LogP contribution in [-0.4, -0.2) is 17.3 Å². The van der Waals surface area contributed by atoms with E-state index in [9.17, 15) is 9.59 Å². The lowest BCUT2D eigenvalue weighted by Gasteiger charge is -2.00. The molecule has 0 amide bonds. The van der Waals surface area contributed by atoms with E-state index < -0.39 is 5.25 Å². The van der Waals surface area contributed by atoms with Crippen LogP contribution in [0.1, 0.15) is 10.4 Å². The molecular weight excluding hydrogens is 172 g/mol. The number of carbonyl (C=O) groups excluding carboxylic acids is 2. The van der Waals surface area contributed by atoms with Gasteiger partial charge in [0.15, 0.2) is 5.78 Å². The second kappa shape index (κ2) is 4.07. The molecule has 1 unspecified atom stereocenters. The summed E-state index contributed by atoms with van der Waals surface area (Å²) in [6, 6.07) is 8.63. The van der Waals surface area contributed by atoms with Gasteiger partial charge in [-0.3, -0.25) is 4.79 Å². The monoisotopic (exact) mass is 180 g/mol. The molecule has 0 aliphatic heterocycles. The largest absolute Gasteiger partial charge is 0.302 e. The Labute approximate surface area is 76.0 Å². The van der Waals surface area contributed by atoms with Gasteiger partial charge >= 0.3 is 0 Å². The fraction of sp³-hybridized carbons (Fsp3) is 0.111. The van der Waals surface area contributed by atoms with Crippen molar-refractivity contribution in [3.63, 3.8) is 0 Å². The molecule has 0 aromatic heterocycles. The summed E-state index contributed by atoms with van der Waals surface area (Å²) < 4.78 is 0. The molecule has 12 heavy (non-hydrogen) atoms. The zero-order valence-corrected chi connectivity index (χ0v) is 7.20. The van der Waals surface area contributed by atoms with E-state index in [0.29, 0.717) is 11.8 Å². The highest BCUT2D eigenvalue weighted by atomic mass is 32.1. The number of thiol groups is 1. The van der Waals surface area contributed by atoms with Gasteiger partial charge in [-0.25, -0.2) is 0 Å². The topological polar surface area (TPSA) is 34.1 Å². The summed E-state index contributed by atoms with van der Waals surface area (Å²) in [6.07, 6.45) is 0.526. The Hall–Kier alpha value is -1.09. The minimum atomic E-state index is -0.840. The summed E-state index contributed by atoms with van der Waals surface area (Å²) in [4.78, 5) is 21.5. The Morgan fingerprint density at radius 2 is 1.92 bits per heavy atom. The van der Waals surface area contributed by atoms with E-state index in [2.05, 4.69) is 12.6 Å². The van der Waals surface area contributed by atoms with Crippen molar-refractivity contribution in [1.29, 1.82) is 0 Å². The average Bonchev–Trinajstić information content (AvgIpc) is 2.17. The zero-order valence-electron chi connectivity index (χ0n) is 6.31. The molecule has 1 aromatic rings. The Bertz CT molecular complexity index is 282. The standard InChI is InChI=1S/C9H8O2S/c10-6-8(12)9(11)7-4-2-1-3-5-7/h1-6,8,12H. The number of aldehydes is 1. The highest BCUT2D eigenvalue weighted by Gasteiger charge is 2.13. The van der Waals surface area contributed by atoms with Crippen LogP contribution in [0.15, 0.2) is 30.3 Å². The molecule has 0 spiro atoms. The van der Waals surface area contributed by atoms with Crippen molar-refractivity contribution in [2.75, 3.05) is 0 Å². The van der Waals surface area contributed by atoms with Crippen molar-refractivity contribution in [2.24, 2.45) is 0 Å². The Morgan fingerprint density at radius 3 is 2.42 bits per heavy atom. The molecule has 1 rings (SSSR count). The van der Waals surface area contributed by atoms with Crippen molar-refractivity contribution in [3.8, 4) is 0 Å². The molecule has 0 aliphatic rings. The van der Waals surface area contributed by atoms with Gasteiger partial charge in [0.25, 0.3) is 0 Å². The number of carbonyl (C=O) groups is 2. The number of rotatable bonds is 3. The molecule has 2 nitrogen and oxygen atoms in total. The molecule has 1 atom stereocenters. The third-order valence-electron chi connectivity index (χ3n) is 1.46. The maximum atomic E-state index is 11.3. The second-order valence-electron chi connectivity index (χ2n) is 2.31. The fourth-order valence-electron chi connectivity index (χ4n) is 0.835. The predicted octanol–water partition coefficient (Wildman–Crippen LogP) is 1.37. The van der Waals surface area contributed by atoms with E-state index in [1.54, 1.807) is 24.3 Å². The van der Waals surface area contributed by atoms with Crippen LogP contribution >= 0.6 is 12.6 Å². The molecule has 0 N–H and O–H groups in total. The number of Topliss-reactive ketones (excluding diaryl/α,β-unsaturated/α-hetero) is 1. The summed E-state index contributed by atoms with van der Waals surface area (Å²) in [5, 5.41) is -0.840. The maximum Gasteiger partial charge on any atom is 0.182 e. The normalized spacial score (nSPS) is 12.1. The van der Waals surface area contributed by atoms with Crippen LogP contribution in [0.3, 0.4) is 0 Å². The van der Waals surface area contributed by atoms with E-state index in [4.69, 9.17) is 0 Å². The van der Waals surface area contributed by atoms with Crippen LogP contribution in [0.5, 0.6) is 0 Å². The van der Waals surface area contributed by atoms with Crippen LogP contribution < -0.4 is 0 Å². The fourth-order valence-corrected chi connectivity index (χ4v) is 0.984. The summed E-state index contributed by atoms with van der Waals surface area (Å²) in [7, 11) is 0. The van der Waals surface area contributed by atoms with Gasteiger partial charge in [0, 0.05) is 5.56 Å². The van der Waals surface area contributed by atoms with Gasteiger partial charge in [-0.2, -0.15) is 12.6 Å². The molecule has 0 bridgehead atoms. The first-order valence-electron chi connectivity index (χ1n) is 3.48. The summed E-state index contributed by atoms with van der Waals surface area (Å²) >= 11 is 3.82. The second-order valence-corrected chi connectivity index (χ2v) is 2.87. The first-order chi connectivity index (χ1) is 5.75. The zero-order chi connectivity index (χ0) is 8.97. The van der Waals surface area contributed by atoms with Crippen molar-refractivity contribution >= 4 is 24.7 Å². The molecule has 0 radical (unpaired) electrons. The number of hydrogen-bond acceptors (Lipinski definition) is 3. The van der Waals surface area contributed by atoms with Crippen LogP contribution in [0.4, 0.5) is 0 Å². The van der Waals surface area contributed by atoms with E-state index in [0.717, 1.165) is 0 Å². The molecule has 0 fully saturated rings. The van der Waals surface area contributed by atoms with E-state index in [-0.39, 0.29) is 5.78 Å². The van der Waals surface area contributed by atoms with Crippen molar-refractivity contribution in [3.05, 3.63) is 35.9 Å². The van der Waals surface area contributed by atoms with E-state index >= 15 is 0 Å². The molecule has 0 saturated heterocycles. The average molecular weight is 180 g/mol. The van der Waals surface area contributed by atoms with E-state index in [1.165, 1.54) is 0 Å². The van der Waals surface area contributed by atoms with Crippen molar-refractivity contribution < 1.29 is 9.59 Å². The number of ketones is 1. The van der Waals surface area contributed by atoms with Crippen molar-refractivity contribution in [2.45, 2.75) is 5.25 Å². The van der Waals surface area contributed by atoms with Gasteiger partial charge in [0.1, 0.15) is 11.5 Å². The van der Waals surface area contributed by atoms with Gasteiger partial charge in [-0.1, -0.05) is 30.3 Å². The number of hydrogen-bond donors (Lipinski definition) is 1. The Kier molecular flexibility index (Phi) is 3.05. The smallest absolute Gasteiger partial charge is 0.182 e. The summed E-state index contributed by atoms with van der Waals surface area (Å²) in [5.74, 6) is -0.256. The van der Waals surface area contributed by atoms with Gasteiger partial charge in [-0.15, -0.1) is 0 Å². The highest BCUT2D eigenvalue weighted by Crippen LogP contribution is 2.05. The summed E-state index contributed by atoms with van der Waals surface area (Å²) in [5.41, 5.74) is 0.518. The molecular formula is C9H8O2S. The van der Waals surface area contributed by atoms with Gasteiger partial charge in [0.2, 0.25) is 0 Å². The SMILES string of the molecule is O=CC(S)C(=O)c1ccccc1. The third-order valence-corrected chi connectivity index (χ3v) is 1.81. The lowest BCUT2D eigenvalue weighted by molar-refractivity contribution is -0.106. The quantitative estimate of drug-likeness (QED) is 0.330. The third kappa shape index (κ3) is 1.95. The molecule has 0 saturated carbocycles. The molecule has 3 heteroatoms. The summed E-state index contributed by atoms with van der Waals surface area (Å²) in [6.45, 7) is 0. The van der Waals surface area contributed by atoms with Gasteiger partial charge < -0.3 is 4.79 Å². The van der Waals surface area contributed by atoms with Gasteiger partial charge in [0.05, 0.1) is 0 Å². The van der Waals surface area contributed by atoms with Crippen molar-refractivity contribution in [1.82, 2.24) is 0 Å². The highest BCUT2D eigenvalue weighted by molar-refractivity contribution is 7.82. The first-order valence-corrected chi connectivity index (χ1v) is 4.00. The number of benzene rings is 1. The Morgan fingerprint density at radius 1 is 1.33 bits per heavy atom. The van der Waals surface area contributed by atoms with Crippen LogP contribution in [-0.2, 0) is 4.79 Å². The predicted molar refractivity (Wildman–Crippen MR) is 49.6 cm³/mol. The first kappa shape index (κ1) is 9.00. The van der Waals surface area contributed by atoms with Crippen LogP contribution in [0.25, 0.3) is 0 Å². The minimum Gasteiger partial charge on any atom is -0.302 e. The van der Waals surface area contributed by atoms with E-state index in [1.807, 2.05) is 6.07 Å². The van der Waals surface area contributed by atoms with Crippen LogP contribution in [0.2, 0.25) is 0 Å². The lowest BCUT2D eigenvalue weighted by atomic mass is 10.1. The molecule has 62 valence electrons. The lowest BCUT2D eigenvalue weighted by Crippen LogP contribution is -2.15. The molecule has 0 aliphatic carbocycles. The maximum absolute atomic E-state index is 11.3. The Balaban J connectivity index is 2.85.